The molecule has 0 spiro atoms. The van der Waals surface area contributed by atoms with Crippen molar-refractivity contribution in [3.63, 3.8) is 0 Å². The second kappa shape index (κ2) is 5.62. The Morgan fingerprint density at radius 1 is 1.22 bits per heavy atom. The highest BCUT2D eigenvalue weighted by molar-refractivity contribution is 7.17. The van der Waals surface area contributed by atoms with Crippen LogP contribution in [0.15, 0.2) is 23.6 Å². The normalized spacial score (nSPS) is 19.3. The summed E-state index contributed by atoms with van der Waals surface area (Å²) in [5, 5.41) is 2.75. The summed E-state index contributed by atoms with van der Waals surface area (Å²) in [7, 11) is -0.391. The molecule has 1 fully saturated rings. The van der Waals surface area contributed by atoms with E-state index in [1.165, 1.54) is 11.3 Å². The van der Waals surface area contributed by atoms with E-state index >= 15 is 0 Å². The summed E-state index contributed by atoms with van der Waals surface area (Å²) >= 11 is 1.53. The van der Waals surface area contributed by atoms with E-state index in [2.05, 4.69) is 0 Å². The van der Waals surface area contributed by atoms with Gasteiger partial charge in [-0.25, -0.2) is 4.79 Å². The molecule has 6 heteroatoms. The molecule has 1 saturated heterocycles. The molecule has 0 atom stereocenters. The first-order chi connectivity index (χ1) is 10.7. The maximum absolute atomic E-state index is 12.0. The third-order valence-electron chi connectivity index (χ3n) is 4.62. The molecule has 2 aromatic rings. The van der Waals surface area contributed by atoms with Crippen molar-refractivity contribution in [2.45, 2.75) is 45.8 Å². The van der Waals surface area contributed by atoms with Crippen molar-refractivity contribution in [2.75, 3.05) is 6.61 Å². The third kappa shape index (κ3) is 2.79. The quantitative estimate of drug-likeness (QED) is 0.638. The van der Waals surface area contributed by atoms with Gasteiger partial charge in [-0.05, 0) is 46.1 Å². The summed E-state index contributed by atoms with van der Waals surface area (Å²) in [6.45, 7) is 10.3. The first kappa shape index (κ1) is 16.5. The highest BCUT2D eigenvalue weighted by atomic mass is 32.1. The zero-order valence-electron chi connectivity index (χ0n) is 14.1. The molecule has 0 amide bonds. The van der Waals surface area contributed by atoms with Gasteiger partial charge in [-0.15, -0.1) is 11.3 Å². The molecular formula is C17H21BO4S. The van der Waals surface area contributed by atoms with Crippen LogP contribution in [0, 0.1) is 0 Å². The molecule has 2 heterocycles. The smallest absolute Gasteiger partial charge is 0.462 e. The summed E-state index contributed by atoms with van der Waals surface area (Å²) in [5.74, 6) is -0.276. The number of ether oxygens (including phenoxy) is 1. The second-order valence-electron chi connectivity index (χ2n) is 6.71. The Morgan fingerprint density at radius 2 is 1.87 bits per heavy atom. The minimum Gasteiger partial charge on any atom is -0.462 e. The van der Waals surface area contributed by atoms with Gasteiger partial charge < -0.3 is 14.0 Å². The number of carbonyl (C=O) groups excluding carboxylic acids is 1. The van der Waals surface area contributed by atoms with Crippen LogP contribution in [0.1, 0.15) is 45.0 Å². The molecule has 0 aliphatic carbocycles. The molecular weight excluding hydrogens is 311 g/mol. The van der Waals surface area contributed by atoms with Crippen LogP contribution in [0.2, 0.25) is 0 Å². The lowest BCUT2D eigenvalue weighted by molar-refractivity contribution is 0.00578. The zero-order chi connectivity index (χ0) is 16.8. The van der Waals surface area contributed by atoms with E-state index in [-0.39, 0.29) is 17.2 Å². The molecule has 4 nitrogen and oxygen atoms in total. The maximum atomic E-state index is 12.0. The number of rotatable bonds is 3. The Bertz CT molecular complexity index is 734. The molecule has 1 aliphatic rings. The highest BCUT2D eigenvalue weighted by Gasteiger charge is 2.51. The van der Waals surface area contributed by atoms with E-state index in [0.29, 0.717) is 12.2 Å². The largest absolute Gasteiger partial charge is 0.494 e. The van der Waals surface area contributed by atoms with Gasteiger partial charge in [0, 0.05) is 15.5 Å². The topological polar surface area (TPSA) is 44.8 Å². The summed E-state index contributed by atoms with van der Waals surface area (Å²) in [4.78, 5) is 12.0. The highest BCUT2D eigenvalue weighted by Crippen LogP contribution is 2.37. The Morgan fingerprint density at radius 3 is 2.48 bits per heavy atom. The summed E-state index contributed by atoms with van der Waals surface area (Å²) in [5.41, 5.74) is 0.858. The summed E-state index contributed by atoms with van der Waals surface area (Å²) < 4.78 is 18.3. The summed E-state index contributed by atoms with van der Waals surface area (Å²) in [6.07, 6.45) is 0. The predicted molar refractivity (Wildman–Crippen MR) is 93.5 cm³/mol. The van der Waals surface area contributed by atoms with Gasteiger partial charge in [-0.1, -0.05) is 12.1 Å². The lowest BCUT2D eigenvalue weighted by atomic mass is 9.79. The van der Waals surface area contributed by atoms with E-state index in [4.69, 9.17) is 14.0 Å². The molecule has 0 unspecified atom stereocenters. The van der Waals surface area contributed by atoms with Gasteiger partial charge in [0.25, 0.3) is 0 Å². The van der Waals surface area contributed by atoms with Crippen LogP contribution in [0.5, 0.6) is 0 Å². The average molecular weight is 332 g/mol. The van der Waals surface area contributed by atoms with Gasteiger partial charge in [0.1, 0.15) is 0 Å². The molecule has 122 valence electrons. The first-order valence-corrected chi connectivity index (χ1v) is 8.67. The van der Waals surface area contributed by atoms with Gasteiger partial charge in [-0.3, -0.25) is 0 Å². The number of thiophene rings is 1. The Hall–Kier alpha value is -1.37. The fourth-order valence-electron chi connectivity index (χ4n) is 2.54. The number of benzene rings is 1. The number of hydrogen-bond acceptors (Lipinski definition) is 5. The first-order valence-electron chi connectivity index (χ1n) is 7.79. The van der Waals surface area contributed by atoms with Gasteiger partial charge >= 0.3 is 13.1 Å². The Kier molecular flexibility index (Phi) is 4.03. The molecule has 1 aromatic carbocycles. The molecule has 23 heavy (non-hydrogen) atoms. The summed E-state index contributed by atoms with van der Waals surface area (Å²) in [6, 6.07) is 5.93. The molecule has 1 aromatic heterocycles. The van der Waals surface area contributed by atoms with Crippen LogP contribution in [-0.4, -0.2) is 30.9 Å². The van der Waals surface area contributed by atoms with Crippen molar-refractivity contribution in [1.82, 2.24) is 0 Å². The van der Waals surface area contributed by atoms with Crippen molar-refractivity contribution in [2.24, 2.45) is 0 Å². The van der Waals surface area contributed by atoms with Crippen molar-refractivity contribution >= 4 is 40.0 Å². The Labute approximate surface area is 140 Å². The van der Waals surface area contributed by atoms with Gasteiger partial charge in [0.2, 0.25) is 0 Å². The second-order valence-corrected chi connectivity index (χ2v) is 7.62. The van der Waals surface area contributed by atoms with E-state index in [1.807, 2.05) is 58.2 Å². The van der Waals surface area contributed by atoms with Crippen molar-refractivity contribution < 1.29 is 18.8 Å². The van der Waals surface area contributed by atoms with Crippen molar-refractivity contribution in [3.8, 4) is 0 Å². The Balaban J connectivity index is 1.92. The van der Waals surface area contributed by atoms with E-state index in [1.54, 1.807) is 0 Å². The van der Waals surface area contributed by atoms with Crippen LogP contribution in [0.25, 0.3) is 10.1 Å². The van der Waals surface area contributed by atoms with Crippen molar-refractivity contribution in [3.05, 3.63) is 29.1 Å². The van der Waals surface area contributed by atoms with E-state index < -0.39 is 7.12 Å². The number of esters is 1. The van der Waals surface area contributed by atoms with E-state index in [0.717, 1.165) is 15.5 Å². The maximum Gasteiger partial charge on any atom is 0.494 e. The minimum atomic E-state index is -0.391. The number of fused-ring (bicyclic) bond motifs is 1. The zero-order valence-corrected chi connectivity index (χ0v) is 15.0. The minimum absolute atomic E-state index is 0.276. The van der Waals surface area contributed by atoms with Gasteiger partial charge in [0.05, 0.1) is 23.4 Å². The molecule has 0 N–H and O–H groups in total. The number of carbonyl (C=O) groups is 1. The SMILES string of the molecule is CCOC(=O)c1csc2cc(B3OC(C)(C)C(C)(C)O3)ccc12. The lowest BCUT2D eigenvalue weighted by Crippen LogP contribution is -2.41. The predicted octanol–water partition coefficient (Wildman–Crippen LogP) is 3.38. The monoisotopic (exact) mass is 332 g/mol. The van der Waals surface area contributed by atoms with Crippen LogP contribution in [-0.2, 0) is 14.0 Å². The third-order valence-corrected chi connectivity index (χ3v) is 5.57. The van der Waals surface area contributed by atoms with Gasteiger partial charge in [0.15, 0.2) is 0 Å². The standard InChI is InChI=1S/C17H21BO4S/c1-6-20-15(19)13-10-23-14-9-11(7-8-12(13)14)18-21-16(2,3)17(4,5)22-18/h7-10H,6H2,1-5H3. The van der Waals surface area contributed by atoms with Crippen LogP contribution < -0.4 is 5.46 Å². The molecule has 0 bridgehead atoms. The average Bonchev–Trinajstić information content (AvgIpc) is 2.97. The van der Waals surface area contributed by atoms with Crippen molar-refractivity contribution in [1.29, 1.82) is 0 Å². The van der Waals surface area contributed by atoms with Crippen LogP contribution >= 0.6 is 11.3 Å². The molecule has 0 saturated carbocycles. The van der Waals surface area contributed by atoms with Crippen LogP contribution in [0.3, 0.4) is 0 Å². The van der Waals surface area contributed by atoms with Crippen LogP contribution in [0.4, 0.5) is 0 Å². The van der Waals surface area contributed by atoms with E-state index in [9.17, 15) is 4.79 Å². The fraction of sp³-hybridized carbons (Fsp3) is 0.471. The molecule has 0 radical (unpaired) electrons. The fourth-order valence-corrected chi connectivity index (χ4v) is 3.51. The number of hydrogen-bond donors (Lipinski definition) is 0. The molecule has 3 rings (SSSR count). The molecule has 1 aliphatic heterocycles. The lowest BCUT2D eigenvalue weighted by Gasteiger charge is -2.32. The van der Waals surface area contributed by atoms with Gasteiger partial charge in [-0.2, -0.15) is 0 Å².